The van der Waals surface area contributed by atoms with Gasteiger partial charge in [-0.25, -0.2) is 4.98 Å². The molecular formula is C51H33N5. The Bertz CT molecular complexity index is 2990. The van der Waals surface area contributed by atoms with E-state index in [-0.39, 0.29) is 0 Å². The van der Waals surface area contributed by atoms with Crippen molar-refractivity contribution in [2.75, 3.05) is 4.90 Å². The Morgan fingerprint density at radius 2 is 0.750 bits per heavy atom. The number of benzene rings is 8. The second kappa shape index (κ2) is 13.0. The maximum atomic E-state index is 5.32. The van der Waals surface area contributed by atoms with Crippen molar-refractivity contribution in [3.8, 4) is 61.8 Å². The number of hydrogen-bond donors (Lipinski definition) is 0. The van der Waals surface area contributed by atoms with E-state index in [9.17, 15) is 0 Å². The number of fused-ring (bicyclic) bond motifs is 5. The van der Waals surface area contributed by atoms with Crippen LogP contribution in [0, 0.1) is 0 Å². The van der Waals surface area contributed by atoms with E-state index < -0.39 is 0 Å². The van der Waals surface area contributed by atoms with Gasteiger partial charge in [0.2, 0.25) is 5.95 Å². The largest absolute Gasteiger partial charge is 0.305 e. The van der Waals surface area contributed by atoms with Crippen molar-refractivity contribution in [1.82, 2.24) is 19.5 Å². The van der Waals surface area contributed by atoms with Gasteiger partial charge in [-0.1, -0.05) is 164 Å². The Hall–Kier alpha value is -7.63. The summed E-state index contributed by atoms with van der Waals surface area (Å²) in [6, 6.07) is 70.5. The zero-order valence-corrected chi connectivity index (χ0v) is 30.3. The van der Waals surface area contributed by atoms with Crippen LogP contribution in [-0.4, -0.2) is 19.5 Å². The summed E-state index contributed by atoms with van der Waals surface area (Å²) in [6.07, 6.45) is 0. The predicted molar refractivity (Wildman–Crippen MR) is 230 cm³/mol. The number of nitrogens with zero attached hydrogens (tertiary/aromatic N) is 5. The van der Waals surface area contributed by atoms with E-state index >= 15 is 0 Å². The van der Waals surface area contributed by atoms with E-state index in [0.29, 0.717) is 17.6 Å². The highest BCUT2D eigenvalue weighted by molar-refractivity contribution is 6.18. The lowest BCUT2D eigenvalue weighted by molar-refractivity contribution is 1.00. The topological polar surface area (TPSA) is 46.8 Å². The van der Waals surface area contributed by atoms with Gasteiger partial charge in [0.15, 0.2) is 11.6 Å². The molecule has 10 aromatic rings. The first kappa shape index (κ1) is 31.9. The monoisotopic (exact) mass is 715 g/mol. The lowest BCUT2D eigenvalue weighted by atomic mass is 9.98. The predicted octanol–water partition coefficient (Wildman–Crippen LogP) is 13.1. The molecule has 8 aromatic carbocycles. The molecule has 11 rings (SSSR count). The van der Waals surface area contributed by atoms with Crippen LogP contribution in [0.2, 0.25) is 0 Å². The Kier molecular flexibility index (Phi) is 7.42. The zero-order chi connectivity index (χ0) is 37.0. The zero-order valence-electron chi connectivity index (χ0n) is 30.3. The van der Waals surface area contributed by atoms with Gasteiger partial charge in [-0.3, -0.25) is 4.90 Å². The van der Waals surface area contributed by atoms with Gasteiger partial charge in [0.1, 0.15) is 0 Å². The number of anilines is 3. The van der Waals surface area contributed by atoms with E-state index in [0.717, 1.165) is 66.9 Å². The first-order valence-electron chi connectivity index (χ1n) is 18.9. The van der Waals surface area contributed by atoms with Crippen molar-refractivity contribution in [3.63, 3.8) is 0 Å². The van der Waals surface area contributed by atoms with Crippen LogP contribution in [0.3, 0.4) is 0 Å². The second-order valence-corrected chi connectivity index (χ2v) is 14.1. The summed E-state index contributed by atoms with van der Waals surface area (Å²) < 4.78 is 2.43. The molecule has 0 amide bonds. The standard InChI is InChI=1S/C51H33N5/c1-6-16-34(17-7-1)39-26-28-44-42(30-39)43-31-41(36-20-10-3-11-21-36)33-47-48(43)55(44)45-29-27-40(35-18-8-2-9-19-35)32-46(45)56(47)51-53-49(37-22-12-4-13-23-37)52-50(54-51)38-24-14-5-15-25-38/h1-33H. The molecular weight excluding hydrogens is 683 g/mol. The number of rotatable bonds is 6. The Morgan fingerprint density at radius 1 is 0.304 bits per heavy atom. The summed E-state index contributed by atoms with van der Waals surface area (Å²) in [5.41, 5.74) is 14.0. The highest BCUT2D eigenvalue weighted by Gasteiger charge is 2.32. The molecule has 56 heavy (non-hydrogen) atoms. The second-order valence-electron chi connectivity index (χ2n) is 14.1. The fourth-order valence-corrected chi connectivity index (χ4v) is 8.10. The average molecular weight is 716 g/mol. The first-order valence-corrected chi connectivity index (χ1v) is 18.9. The van der Waals surface area contributed by atoms with Crippen LogP contribution < -0.4 is 4.90 Å². The molecule has 262 valence electrons. The van der Waals surface area contributed by atoms with Gasteiger partial charge in [-0.15, -0.1) is 0 Å². The minimum atomic E-state index is 0.553. The summed E-state index contributed by atoms with van der Waals surface area (Å²) in [6.45, 7) is 0. The lowest BCUT2D eigenvalue weighted by Gasteiger charge is -2.32. The molecule has 0 radical (unpaired) electrons. The molecule has 0 unspecified atom stereocenters. The number of aromatic nitrogens is 4. The van der Waals surface area contributed by atoms with E-state index in [1.807, 2.05) is 36.4 Å². The highest BCUT2D eigenvalue weighted by Crippen LogP contribution is 2.52. The average Bonchev–Trinajstić information content (AvgIpc) is 3.62. The van der Waals surface area contributed by atoms with Gasteiger partial charge in [-0.05, 0) is 69.8 Å². The molecule has 0 bridgehead atoms. The van der Waals surface area contributed by atoms with Gasteiger partial charge in [-0.2, -0.15) is 9.97 Å². The summed E-state index contributed by atoms with van der Waals surface area (Å²) in [7, 11) is 0. The Labute approximate surface area is 324 Å². The maximum Gasteiger partial charge on any atom is 0.238 e. The normalized spacial score (nSPS) is 11.9. The van der Waals surface area contributed by atoms with Crippen LogP contribution in [0.4, 0.5) is 17.3 Å². The first-order chi connectivity index (χ1) is 27.8. The molecule has 2 aromatic heterocycles. The molecule has 5 nitrogen and oxygen atoms in total. The van der Waals surface area contributed by atoms with Crippen LogP contribution >= 0.6 is 0 Å². The van der Waals surface area contributed by atoms with E-state index in [1.54, 1.807) is 0 Å². The van der Waals surface area contributed by atoms with Crippen molar-refractivity contribution in [2.45, 2.75) is 0 Å². The molecule has 5 heteroatoms. The summed E-state index contributed by atoms with van der Waals surface area (Å²) >= 11 is 0. The van der Waals surface area contributed by atoms with Crippen molar-refractivity contribution >= 4 is 39.1 Å². The SMILES string of the molecule is c1ccc(-c2ccc3c(c2)N(c2nc(-c4ccccc4)nc(-c4ccccc4)n2)c2cc(-c4ccccc4)cc4c5cc(-c6ccccc6)ccc5n-3c24)cc1. The molecule has 1 aliphatic heterocycles. The van der Waals surface area contributed by atoms with E-state index in [1.165, 1.54) is 16.5 Å². The molecule has 0 N–H and O–H groups in total. The molecule has 0 saturated carbocycles. The molecule has 0 spiro atoms. The Morgan fingerprint density at radius 3 is 1.30 bits per heavy atom. The third kappa shape index (κ3) is 5.29. The van der Waals surface area contributed by atoms with Crippen molar-refractivity contribution in [3.05, 3.63) is 200 Å². The van der Waals surface area contributed by atoms with Gasteiger partial charge >= 0.3 is 0 Å². The van der Waals surface area contributed by atoms with Gasteiger partial charge in [0, 0.05) is 21.9 Å². The van der Waals surface area contributed by atoms with Crippen LogP contribution in [0.15, 0.2) is 200 Å². The molecule has 0 saturated heterocycles. The minimum Gasteiger partial charge on any atom is -0.305 e. The van der Waals surface area contributed by atoms with E-state index in [2.05, 4.69) is 173 Å². The van der Waals surface area contributed by atoms with Gasteiger partial charge in [0.25, 0.3) is 0 Å². The highest BCUT2D eigenvalue weighted by atomic mass is 15.3. The third-order valence-electron chi connectivity index (χ3n) is 10.7. The quantitative estimate of drug-likeness (QED) is 0.172. The fraction of sp³-hybridized carbons (Fsp3) is 0. The fourth-order valence-electron chi connectivity index (χ4n) is 8.10. The number of hydrogen-bond acceptors (Lipinski definition) is 4. The van der Waals surface area contributed by atoms with Crippen LogP contribution in [-0.2, 0) is 0 Å². The molecule has 1 aliphatic rings. The summed E-state index contributed by atoms with van der Waals surface area (Å²) in [5.74, 6) is 1.78. The molecule has 0 atom stereocenters. The summed E-state index contributed by atoms with van der Waals surface area (Å²) in [4.78, 5) is 18.0. The van der Waals surface area contributed by atoms with Crippen molar-refractivity contribution in [1.29, 1.82) is 0 Å². The summed E-state index contributed by atoms with van der Waals surface area (Å²) in [5, 5.41) is 2.35. The van der Waals surface area contributed by atoms with Crippen LogP contribution in [0.5, 0.6) is 0 Å². The van der Waals surface area contributed by atoms with Crippen LogP contribution in [0.25, 0.3) is 83.6 Å². The van der Waals surface area contributed by atoms with Crippen molar-refractivity contribution in [2.24, 2.45) is 0 Å². The Balaban J connectivity index is 1.26. The van der Waals surface area contributed by atoms with Gasteiger partial charge < -0.3 is 4.57 Å². The smallest absolute Gasteiger partial charge is 0.238 e. The lowest BCUT2D eigenvalue weighted by Crippen LogP contribution is -2.21. The van der Waals surface area contributed by atoms with Crippen molar-refractivity contribution < 1.29 is 0 Å². The maximum absolute atomic E-state index is 5.32. The molecule has 0 aliphatic carbocycles. The van der Waals surface area contributed by atoms with Crippen LogP contribution in [0.1, 0.15) is 0 Å². The van der Waals surface area contributed by atoms with Gasteiger partial charge in [0.05, 0.1) is 28.1 Å². The third-order valence-corrected chi connectivity index (χ3v) is 10.7. The molecule has 3 heterocycles. The minimum absolute atomic E-state index is 0.553. The molecule has 0 fully saturated rings. The van der Waals surface area contributed by atoms with E-state index in [4.69, 9.17) is 15.0 Å².